The molecule has 0 unspecified atom stereocenters. The number of likely N-dealkylation sites (N-methyl/N-ethyl adjacent to an activating group) is 1. The average Bonchev–Trinajstić information content (AvgIpc) is 2.83. The molecule has 1 amide bonds. The molecular formula is C16H20FN3O. The molecule has 1 fully saturated rings. The zero-order valence-electron chi connectivity index (χ0n) is 12.4. The molecule has 112 valence electrons. The molecular weight excluding hydrogens is 269 g/mol. The van der Waals surface area contributed by atoms with Gasteiger partial charge >= 0.3 is 0 Å². The fourth-order valence-electron chi connectivity index (χ4n) is 2.94. The van der Waals surface area contributed by atoms with Crippen LogP contribution in [0.5, 0.6) is 0 Å². The van der Waals surface area contributed by atoms with Crippen LogP contribution in [0.15, 0.2) is 18.2 Å². The van der Waals surface area contributed by atoms with E-state index in [2.05, 4.69) is 16.8 Å². The molecule has 1 aromatic heterocycles. The molecule has 1 aliphatic heterocycles. The zero-order chi connectivity index (χ0) is 15.0. The highest BCUT2D eigenvalue weighted by molar-refractivity contribution is 6.00. The average molecular weight is 289 g/mol. The smallest absolute Gasteiger partial charge is 0.270 e. The van der Waals surface area contributed by atoms with Crippen LogP contribution in [0.2, 0.25) is 0 Å². The van der Waals surface area contributed by atoms with E-state index in [4.69, 9.17) is 0 Å². The third-order valence-corrected chi connectivity index (χ3v) is 4.34. The Labute approximate surface area is 123 Å². The van der Waals surface area contributed by atoms with E-state index < -0.39 is 0 Å². The molecule has 1 N–H and O–H groups in total. The van der Waals surface area contributed by atoms with Gasteiger partial charge in [-0.3, -0.25) is 4.79 Å². The molecule has 0 spiro atoms. The molecule has 4 nitrogen and oxygen atoms in total. The molecule has 0 saturated carbocycles. The van der Waals surface area contributed by atoms with Gasteiger partial charge < -0.3 is 14.8 Å². The van der Waals surface area contributed by atoms with E-state index >= 15 is 0 Å². The number of hydrogen-bond donors (Lipinski definition) is 1. The number of nitrogens with zero attached hydrogens (tertiary/aromatic N) is 2. The first-order valence-electron chi connectivity index (χ1n) is 7.39. The molecule has 0 atom stereocenters. The summed E-state index contributed by atoms with van der Waals surface area (Å²) in [5, 5.41) is 0.783. The first-order chi connectivity index (χ1) is 10.1. The fraction of sp³-hybridized carbons (Fsp3) is 0.438. The van der Waals surface area contributed by atoms with Crippen molar-refractivity contribution < 1.29 is 9.18 Å². The monoisotopic (exact) mass is 289 g/mol. The molecule has 21 heavy (non-hydrogen) atoms. The van der Waals surface area contributed by atoms with Gasteiger partial charge in [0, 0.05) is 37.1 Å². The van der Waals surface area contributed by atoms with E-state index in [-0.39, 0.29) is 11.7 Å². The van der Waals surface area contributed by atoms with Gasteiger partial charge in [-0.1, -0.05) is 6.92 Å². The number of fused-ring (bicyclic) bond motifs is 1. The molecule has 2 heterocycles. The maximum absolute atomic E-state index is 13.3. The Morgan fingerprint density at radius 1 is 1.29 bits per heavy atom. The van der Waals surface area contributed by atoms with Crippen molar-refractivity contribution in [3.63, 3.8) is 0 Å². The number of piperazine rings is 1. The normalized spacial score (nSPS) is 16.6. The standard InChI is InChI=1S/C16H20FN3O/c1-3-19-6-8-20(9-7-19)16(21)15-11(2)13-10-12(17)4-5-14(13)18-15/h4-5,10,18H,3,6-9H2,1-2H3. The Balaban J connectivity index is 1.87. The summed E-state index contributed by atoms with van der Waals surface area (Å²) < 4.78 is 13.3. The summed E-state index contributed by atoms with van der Waals surface area (Å²) in [7, 11) is 0. The zero-order valence-corrected chi connectivity index (χ0v) is 12.4. The second kappa shape index (κ2) is 5.48. The Morgan fingerprint density at radius 3 is 2.67 bits per heavy atom. The van der Waals surface area contributed by atoms with Gasteiger partial charge in [0.2, 0.25) is 0 Å². The molecule has 5 heteroatoms. The van der Waals surface area contributed by atoms with E-state index in [1.165, 1.54) is 12.1 Å². The van der Waals surface area contributed by atoms with Gasteiger partial charge in [0.1, 0.15) is 11.5 Å². The Morgan fingerprint density at radius 2 is 2.00 bits per heavy atom. The number of halogens is 1. The van der Waals surface area contributed by atoms with Crippen molar-refractivity contribution in [3.8, 4) is 0 Å². The number of H-pyrrole nitrogens is 1. The Hall–Kier alpha value is -1.88. The molecule has 0 aliphatic carbocycles. The highest BCUT2D eigenvalue weighted by Crippen LogP contribution is 2.24. The van der Waals surface area contributed by atoms with Crippen molar-refractivity contribution in [1.29, 1.82) is 0 Å². The molecule has 1 aliphatic rings. The SMILES string of the molecule is CCN1CCN(C(=O)c2[nH]c3ccc(F)cc3c2C)CC1. The maximum Gasteiger partial charge on any atom is 0.270 e. The lowest BCUT2D eigenvalue weighted by Crippen LogP contribution is -2.48. The van der Waals surface area contributed by atoms with Gasteiger partial charge in [0.15, 0.2) is 0 Å². The van der Waals surface area contributed by atoms with Crippen LogP contribution in [0.25, 0.3) is 10.9 Å². The molecule has 0 radical (unpaired) electrons. The third kappa shape index (κ3) is 2.53. The van der Waals surface area contributed by atoms with Crippen LogP contribution >= 0.6 is 0 Å². The second-order valence-corrected chi connectivity index (χ2v) is 5.54. The lowest BCUT2D eigenvalue weighted by atomic mass is 10.1. The summed E-state index contributed by atoms with van der Waals surface area (Å²) in [5.41, 5.74) is 2.22. The summed E-state index contributed by atoms with van der Waals surface area (Å²) >= 11 is 0. The predicted octanol–water partition coefficient (Wildman–Crippen LogP) is 2.39. The number of nitrogens with one attached hydrogen (secondary N) is 1. The number of hydrogen-bond acceptors (Lipinski definition) is 2. The third-order valence-electron chi connectivity index (χ3n) is 4.34. The van der Waals surface area contributed by atoms with Gasteiger partial charge in [-0.15, -0.1) is 0 Å². The van der Waals surface area contributed by atoms with Crippen molar-refractivity contribution in [1.82, 2.24) is 14.8 Å². The van der Waals surface area contributed by atoms with Crippen molar-refractivity contribution in [2.75, 3.05) is 32.7 Å². The highest BCUT2D eigenvalue weighted by atomic mass is 19.1. The number of carbonyl (C=O) groups excluding carboxylic acids is 1. The van der Waals surface area contributed by atoms with Gasteiger partial charge in [0.05, 0.1) is 0 Å². The lowest BCUT2D eigenvalue weighted by Gasteiger charge is -2.33. The molecule has 0 bridgehead atoms. The molecule has 3 rings (SSSR count). The van der Waals surface area contributed by atoms with Crippen LogP contribution in [-0.2, 0) is 0 Å². The van der Waals surface area contributed by atoms with E-state index in [1.54, 1.807) is 6.07 Å². The quantitative estimate of drug-likeness (QED) is 0.922. The highest BCUT2D eigenvalue weighted by Gasteiger charge is 2.24. The summed E-state index contributed by atoms with van der Waals surface area (Å²) in [6.45, 7) is 8.34. The van der Waals surface area contributed by atoms with E-state index in [9.17, 15) is 9.18 Å². The number of amides is 1. The molecule has 1 aromatic carbocycles. The van der Waals surface area contributed by atoms with Crippen LogP contribution in [0.3, 0.4) is 0 Å². The molecule has 1 saturated heterocycles. The van der Waals surface area contributed by atoms with Crippen LogP contribution < -0.4 is 0 Å². The van der Waals surface area contributed by atoms with E-state index in [1.807, 2.05) is 11.8 Å². The number of benzene rings is 1. The second-order valence-electron chi connectivity index (χ2n) is 5.54. The first-order valence-corrected chi connectivity index (χ1v) is 7.39. The van der Waals surface area contributed by atoms with Gasteiger partial charge in [-0.2, -0.15) is 0 Å². The largest absolute Gasteiger partial charge is 0.350 e. The van der Waals surface area contributed by atoms with Gasteiger partial charge in [-0.25, -0.2) is 4.39 Å². The van der Waals surface area contributed by atoms with Crippen molar-refractivity contribution in [3.05, 3.63) is 35.3 Å². The lowest BCUT2D eigenvalue weighted by molar-refractivity contribution is 0.0638. The summed E-state index contributed by atoms with van der Waals surface area (Å²) in [6, 6.07) is 4.57. The van der Waals surface area contributed by atoms with E-state index in [0.29, 0.717) is 5.69 Å². The van der Waals surface area contributed by atoms with Crippen LogP contribution in [0.1, 0.15) is 23.0 Å². The maximum atomic E-state index is 13.3. The predicted molar refractivity (Wildman–Crippen MR) is 81.0 cm³/mol. The van der Waals surface area contributed by atoms with E-state index in [0.717, 1.165) is 49.2 Å². The van der Waals surface area contributed by atoms with Gasteiger partial charge in [0.25, 0.3) is 5.91 Å². The van der Waals surface area contributed by atoms with Crippen molar-refractivity contribution in [2.45, 2.75) is 13.8 Å². The summed E-state index contributed by atoms with van der Waals surface area (Å²) in [5.74, 6) is -0.264. The van der Waals surface area contributed by atoms with Gasteiger partial charge in [-0.05, 0) is 37.2 Å². The van der Waals surface area contributed by atoms with Crippen molar-refractivity contribution >= 4 is 16.8 Å². The molecule has 2 aromatic rings. The number of aryl methyl sites for hydroxylation is 1. The number of carbonyl (C=O) groups is 1. The fourth-order valence-corrected chi connectivity index (χ4v) is 2.94. The van der Waals surface area contributed by atoms with Crippen LogP contribution in [0, 0.1) is 12.7 Å². The number of aromatic nitrogens is 1. The minimum absolute atomic E-state index is 0.0138. The summed E-state index contributed by atoms with van der Waals surface area (Å²) in [6.07, 6.45) is 0. The Kier molecular flexibility index (Phi) is 3.68. The Bertz CT molecular complexity index is 671. The van der Waals surface area contributed by atoms with Crippen LogP contribution in [0.4, 0.5) is 4.39 Å². The number of rotatable bonds is 2. The van der Waals surface area contributed by atoms with Crippen LogP contribution in [-0.4, -0.2) is 53.4 Å². The summed E-state index contributed by atoms with van der Waals surface area (Å²) in [4.78, 5) is 20.0. The first kappa shape index (κ1) is 14.1. The number of aromatic amines is 1. The van der Waals surface area contributed by atoms with Crippen molar-refractivity contribution in [2.24, 2.45) is 0 Å². The minimum atomic E-state index is -0.278. The minimum Gasteiger partial charge on any atom is -0.350 e. The topological polar surface area (TPSA) is 39.3 Å².